The third kappa shape index (κ3) is 4.57. The van der Waals surface area contributed by atoms with Crippen molar-refractivity contribution in [3.63, 3.8) is 0 Å². The maximum Gasteiger partial charge on any atom is 0.191 e. The predicted octanol–water partition coefficient (Wildman–Crippen LogP) is 5.60. The smallest absolute Gasteiger partial charge is 0.191 e. The molecule has 0 saturated heterocycles. The quantitative estimate of drug-likeness (QED) is 0.262. The molecule has 1 fully saturated rings. The second kappa shape index (κ2) is 7.65. The van der Waals surface area contributed by atoms with E-state index in [9.17, 15) is 4.79 Å². The van der Waals surface area contributed by atoms with Gasteiger partial charge < -0.3 is 9.22 Å². The summed E-state index contributed by atoms with van der Waals surface area (Å²) < 4.78 is 6.26. The third-order valence-electron chi connectivity index (χ3n) is 6.58. The van der Waals surface area contributed by atoms with Crippen LogP contribution in [-0.4, -0.2) is 21.2 Å². The summed E-state index contributed by atoms with van der Waals surface area (Å²) in [5, 5.41) is 0.291. The zero-order chi connectivity index (χ0) is 17.1. The first-order chi connectivity index (χ1) is 10.8. The topological polar surface area (TPSA) is 26.3 Å². The van der Waals surface area contributed by atoms with Crippen molar-refractivity contribution in [2.24, 2.45) is 23.7 Å². The molecule has 0 aromatic carbocycles. The number of hydrogen-bond acceptors (Lipinski definition) is 2. The predicted molar refractivity (Wildman–Crippen MR) is 100 cm³/mol. The molecule has 0 aromatic heterocycles. The molecule has 4 atom stereocenters. The molecule has 2 nitrogen and oxygen atoms in total. The number of fused-ring (bicyclic) bond motifs is 1. The third-order valence-corrected chi connectivity index (χ3v) is 11.1. The van der Waals surface area contributed by atoms with Gasteiger partial charge in [0.15, 0.2) is 8.32 Å². The minimum atomic E-state index is -1.60. The van der Waals surface area contributed by atoms with Gasteiger partial charge >= 0.3 is 0 Å². The van der Waals surface area contributed by atoms with E-state index in [1.807, 2.05) is 0 Å². The van der Waals surface area contributed by atoms with E-state index < -0.39 is 8.32 Å². The minimum Gasteiger partial charge on any atom is -0.417 e. The van der Waals surface area contributed by atoms with Gasteiger partial charge in [-0.25, -0.2) is 0 Å². The lowest BCUT2D eigenvalue weighted by Crippen LogP contribution is -2.41. The van der Waals surface area contributed by atoms with Crippen LogP contribution in [0.15, 0.2) is 12.2 Å². The van der Waals surface area contributed by atoms with E-state index >= 15 is 0 Å². The lowest BCUT2D eigenvalue weighted by atomic mass is 9.71. The van der Waals surface area contributed by atoms with Crippen LogP contribution in [0.2, 0.25) is 18.1 Å². The maximum atomic E-state index is 11.6. The molecule has 0 heterocycles. The molecule has 0 aromatic rings. The highest BCUT2D eigenvalue weighted by molar-refractivity contribution is 6.74. The Morgan fingerprint density at radius 2 is 1.91 bits per heavy atom. The highest BCUT2D eigenvalue weighted by Gasteiger charge is 2.39. The Balaban J connectivity index is 1.74. The van der Waals surface area contributed by atoms with Crippen molar-refractivity contribution in [2.75, 3.05) is 6.61 Å². The van der Waals surface area contributed by atoms with Crippen LogP contribution < -0.4 is 0 Å². The molecule has 132 valence electrons. The van der Waals surface area contributed by atoms with Gasteiger partial charge in [-0.3, -0.25) is 0 Å². The van der Waals surface area contributed by atoms with Crippen LogP contribution in [0, 0.1) is 23.7 Å². The molecule has 0 radical (unpaired) electrons. The number of carbonyl (C=O) groups is 1. The summed E-state index contributed by atoms with van der Waals surface area (Å²) in [4.78, 5) is 11.6. The van der Waals surface area contributed by atoms with Crippen molar-refractivity contribution < 1.29 is 9.22 Å². The van der Waals surface area contributed by atoms with Crippen LogP contribution >= 0.6 is 0 Å². The van der Waals surface area contributed by atoms with Crippen molar-refractivity contribution in [1.29, 1.82) is 0 Å². The first kappa shape index (κ1) is 18.9. The van der Waals surface area contributed by atoms with E-state index in [-0.39, 0.29) is 5.92 Å². The first-order valence-corrected chi connectivity index (χ1v) is 12.4. The Morgan fingerprint density at radius 1 is 1.17 bits per heavy atom. The highest BCUT2D eigenvalue weighted by atomic mass is 28.4. The molecular weight excluding hydrogens is 300 g/mol. The van der Waals surface area contributed by atoms with Crippen molar-refractivity contribution >= 4 is 14.6 Å². The maximum absolute atomic E-state index is 11.6. The lowest BCUT2D eigenvalue weighted by molar-refractivity contribution is -0.114. The second-order valence-corrected chi connectivity index (χ2v) is 13.9. The lowest BCUT2D eigenvalue weighted by Gasteiger charge is -2.36. The normalized spacial score (nSPS) is 31.2. The van der Waals surface area contributed by atoms with Crippen LogP contribution in [0.25, 0.3) is 0 Å². The van der Waals surface area contributed by atoms with Crippen LogP contribution in [0.3, 0.4) is 0 Å². The van der Waals surface area contributed by atoms with Crippen LogP contribution in [0.5, 0.6) is 0 Å². The Morgan fingerprint density at radius 3 is 2.57 bits per heavy atom. The van der Waals surface area contributed by atoms with E-state index in [2.05, 4.69) is 46.0 Å². The van der Waals surface area contributed by atoms with Crippen molar-refractivity contribution in [3.8, 4) is 0 Å². The number of unbranched alkanes of at least 4 members (excludes halogenated alkanes) is 1. The van der Waals surface area contributed by atoms with E-state index in [0.717, 1.165) is 19.4 Å². The molecule has 2 aliphatic rings. The summed E-state index contributed by atoms with van der Waals surface area (Å²) in [6.45, 7) is 12.4. The molecule has 0 spiro atoms. The van der Waals surface area contributed by atoms with Crippen molar-refractivity contribution in [2.45, 2.75) is 77.4 Å². The van der Waals surface area contributed by atoms with Crippen LogP contribution in [0.1, 0.15) is 59.3 Å². The number of hydrogen-bond donors (Lipinski definition) is 0. The summed E-state index contributed by atoms with van der Waals surface area (Å²) in [6.07, 6.45) is 13.3. The van der Waals surface area contributed by atoms with E-state index in [0.29, 0.717) is 22.8 Å². The highest BCUT2D eigenvalue weighted by Crippen LogP contribution is 2.45. The molecule has 1 saturated carbocycles. The van der Waals surface area contributed by atoms with Gasteiger partial charge in [0.1, 0.15) is 6.29 Å². The molecule has 0 unspecified atom stereocenters. The average Bonchev–Trinajstić information content (AvgIpc) is 2.93. The number of allylic oxidation sites excluding steroid dienone is 2. The van der Waals surface area contributed by atoms with Crippen molar-refractivity contribution in [1.82, 2.24) is 0 Å². The zero-order valence-corrected chi connectivity index (χ0v) is 16.8. The number of aldehydes is 1. The monoisotopic (exact) mass is 336 g/mol. The van der Waals surface area contributed by atoms with Crippen molar-refractivity contribution in [3.05, 3.63) is 12.2 Å². The van der Waals surface area contributed by atoms with Gasteiger partial charge in [0.25, 0.3) is 0 Å². The molecular formula is C20H36O2Si. The van der Waals surface area contributed by atoms with Crippen LogP contribution in [0.4, 0.5) is 0 Å². The molecule has 0 amide bonds. The fourth-order valence-corrected chi connectivity index (χ4v) is 5.07. The SMILES string of the molecule is CC(C)(C)[Si](C)(C)OCCCC[C@@H]1C=C[C@@H]2CCC[C@H]2[C@@H]1C=O. The Bertz CT molecular complexity index is 422. The molecule has 0 bridgehead atoms. The zero-order valence-electron chi connectivity index (χ0n) is 15.8. The standard InChI is InChI=1S/C20H36O2Si/c1-20(2,3)23(4,5)22-14-7-6-9-17-13-12-16-10-8-11-18(16)19(17)15-21/h12-13,15-19H,6-11,14H2,1-5H3/t16-,17+,18+,19+/m0/s1. The van der Waals surface area contributed by atoms with E-state index in [4.69, 9.17) is 4.43 Å². The van der Waals surface area contributed by atoms with Gasteiger partial charge in [-0.15, -0.1) is 0 Å². The summed E-state index contributed by atoms with van der Waals surface area (Å²) in [5.41, 5.74) is 0. The minimum absolute atomic E-state index is 0.272. The van der Waals surface area contributed by atoms with Gasteiger partial charge in [0.2, 0.25) is 0 Å². The van der Waals surface area contributed by atoms with Crippen LogP contribution in [-0.2, 0) is 9.22 Å². The molecule has 0 aliphatic heterocycles. The Hall–Kier alpha value is -0.413. The molecule has 3 heteroatoms. The Kier molecular flexibility index (Phi) is 6.29. The molecule has 2 rings (SSSR count). The number of rotatable bonds is 7. The molecule has 23 heavy (non-hydrogen) atoms. The molecule has 0 N–H and O–H groups in total. The van der Waals surface area contributed by atoms with Gasteiger partial charge in [0.05, 0.1) is 0 Å². The van der Waals surface area contributed by atoms with Gasteiger partial charge in [-0.05, 0) is 61.6 Å². The summed E-state index contributed by atoms with van der Waals surface area (Å²) in [7, 11) is -1.60. The van der Waals surface area contributed by atoms with Gasteiger partial charge in [-0.1, -0.05) is 45.8 Å². The fraction of sp³-hybridized carbons (Fsp3) is 0.850. The molecule has 2 aliphatic carbocycles. The van der Waals surface area contributed by atoms with Gasteiger partial charge in [-0.2, -0.15) is 0 Å². The number of carbonyl (C=O) groups excluding carboxylic acids is 1. The Labute approximate surface area is 144 Å². The summed E-state index contributed by atoms with van der Waals surface area (Å²) in [5.74, 6) is 2.06. The summed E-state index contributed by atoms with van der Waals surface area (Å²) >= 11 is 0. The second-order valence-electron chi connectivity index (χ2n) is 9.13. The van der Waals surface area contributed by atoms with E-state index in [1.165, 1.54) is 32.0 Å². The largest absolute Gasteiger partial charge is 0.417 e. The first-order valence-electron chi connectivity index (χ1n) is 9.54. The fourth-order valence-electron chi connectivity index (χ4n) is 3.98. The average molecular weight is 337 g/mol. The van der Waals surface area contributed by atoms with E-state index in [1.54, 1.807) is 0 Å². The van der Waals surface area contributed by atoms with Gasteiger partial charge in [0, 0.05) is 12.5 Å². The summed E-state index contributed by atoms with van der Waals surface area (Å²) in [6, 6.07) is 0.